The van der Waals surface area contributed by atoms with Gasteiger partial charge >= 0.3 is 232 Å². The zero-order valence-electron chi connectivity index (χ0n) is 21.3. The van der Waals surface area contributed by atoms with Crippen LogP contribution in [0.2, 0.25) is 0 Å². The number of allylic oxidation sites excluding steroid dienone is 2. The topological polar surface area (TPSA) is 52.6 Å². The first-order valence-corrected chi connectivity index (χ1v) is 17.0. The van der Waals surface area contributed by atoms with Crippen molar-refractivity contribution in [1.82, 2.24) is 0 Å². The standard InChI is InChI=1S/2C9H7.2C7H5FO2.CH2.Ti/c2*1-2-5-9-7-3-6-8(9)4-1;2*8-6-3-1-5(2-4-6)7(9)10;;/h2*1-7H;2*1-4H,(H,9,10);1H2;/q;;;;;+2/p-2. The van der Waals surface area contributed by atoms with Gasteiger partial charge in [0, 0.05) is 0 Å². The predicted molar refractivity (Wildman–Crippen MR) is 147 cm³/mol. The summed E-state index contributed by atoms with van der Waals surface area (Å²) in [5.74, 6) is -2.54. The van der Waals surface area contributed by atoms with Gasteiger partial charge in [-0.25, -0.2) is 0 Å². The van der Waals surface area contributed by atoms with Crippen molar-refractivity contribution in [2.75, 3.05) is 0 Å². The van der Waals surface area contributed by atoms with Crippen molar-refractivity contribution < 1.29 is 40.6 Å². The normalized spacial score (nSPS) is 17.3. The van der Waals surface area contributed by atoms with Crippen LogP contribution in [0.25, 0.3) is 12.2 Å². The van der Waals surface area contributed by atoms with E-state index in [1.54, 1.807) is 0 Å². The molecule has 198 valence electrons. The monoisotopic (exact) mass is 570 g/mol. The van der Waals surface area contributed by atoms with Crippen LogP contribution in [0.5, 0.6) is 0 Å². The van der Waals surface area contributed by atoms with E-state index in [1.165, 1.54) is 48.5 Å². The molecule has 0 saturated carbocycles. The summed E-state index contributed by atoms with van der Waals surface area (Å²) in [6, 6.07) is 25.2. The van der Waals surface area contributed by atoms with E-state index in [1.807, 2.05) is 72.8 Å². The molecular formula is C33H24F2O4Ti. The summed E-state index contributed by atoms with van der Waals surface area (Å²) >= 11 is -5.79. The zero-order chi connectivity index (χ0) is 27.9. The molecule has 0 amide bonds. The van der Waals surface area contributed by atoms with E-state index in [0.29, 0.717) is 0 Å². The molecule has 0 radical (unpaired) electrons. The molecule has 4 aromatic carbocycles. The molecule has 0 heterocycles. The van der Waals surface area contributed by atoms with Crippen LogP contribution in [0.15, 0.2) is 109 Å². The molecule has 2 atom stereocenters. The molecule has 0 spiro atoms. The van der Waals surface area contributed by atoms with Crippen molar-refractivity contribution in [2.45, 2.75) is 8.45 Å². The average molecular weight is 570 g/mol. The molecule has 40 heavy (non-hydrogen) atoms. The second-order valence-electron chi connectivity index (χ2n) is 10.1. The maximum absolute atomic E-state index is 13.9. The average Bonchev–Trinajstić information content (AvgIpc) is 3.60. The van der Waals surface area contributed by atoms with E-state index in [0.717, 1.165) is 22.3 Å². The molecular weight excluding hydrogens is 546 g/mol. The molecule has 0 bridgehead atoms. The Morgan fingerprint density at radius 1 is 0.600 bits per heavy atom. The van der Waals surface area contributed by atoms with Crippen molar-refractivity contribution >= 4 is 28.9 Å². The number of carbonyl (C=O) groups is 2. The summed E-state index contributed by atoms with van der Waals surface area (Å²) in [5, 5.41) is 0. The van der Waals surface area contributed by atoms with Gasteiger partial charge < -0.3 is 0 Å². The Labute approximate surface area is 231 Å². The molecule has 6 rings (SSSR count). The van der Waals surface area contributed by atoms with E-state index < -0.39 is 47.6 Å². The quantitative estimate of drug-likeness (QED) is 0.226. The van der Waals surface area contributed by atoms with Gasteiger partial charge in [0.05, 0.1) is 0 Å². The van der Waals surface area contributed by atoms with Crippen molar-refractivity contribution in [2.24, 2.45) is 0 Å². The van der Waals surface area contributed by atoms with E-state index >= 15 is 0 Å². The van der Waals surface area contributed by atoms with Gasteiger partial charge in [0.25, 0.3) is 0 Å². The van der Waals surface area contributed by atoms with Gasteiger partial charge in [0.2, 0.25) is 0 Å². The van der Waals surface area contributed by atoms with Crippen LogP contribution in [0.1, 0.15) is 51.4 Å². The second kappa shape index (κ2) is 9.74. The van der Waals surface area contributed by atoms with Gasteiger partial charge in [-0.2, -0.15) is 0 Å². The van der Waals surface area contributed by atoms with E-state index in [2.05, 4.69) is 4.82 Å². The van der Waals surface area contributed by atoms with Crippen molar-refractivity contribution in [1.29, 1.82) is 0 Å². The summed E-state index contributed by atoms with van der Waals surface area (Å²) in [6.07, 6.45) is 7.60. The minimum absolute atomic E-state index is 0.101. The molecule has 4 aromatic rings. The van der Waals surface area contributed by atoms with Gasteiger partial charge in [-0.1, -0.05) is 0 Å². The Hall–Kier alpha value is -4.26. The number of hydrogen-bond acceptors (Lipinski definition) is 4. The third-order valence-corrected chi connectivity index (χ3v) is 15.4. The molecule has 4 nitrogen and oxygen atoms in total. The van der Waals surface area contributed by atoms with Crippen LogP contribution in [-0.2, 0) is 22.3 Å². The first kappa shape index (κ1) is 26.0. The van der Waals surface area contributed by atoms with Gasteiger partial charge in [-0.05, 0) is 0 Å². The summed E-state index contributed by atoms with van der Waals surface area (Å²) in [5.41, 5.74) is 3.65. The molecule has 0 N–H and O–H groups in total. The van der Waals surface area contributed by atoms with E-state index in [4.69, 9.17) is 6.64 Å². The van der Waals surface area contributed by atoms with Crippen LogP contribution < -0.4 is 0 Å². The molecule has 7 heteroatoms. The number of rotatable bonds is 6. The summed E-state index contributed by atoms with van der Waals surface area (Å²) in [7, 11) is 0. The summed E-state index contributed by atoms with van der Waals surface area (Å²) < 4.78 is 39.2. The van der Waals surface area contributed by atoms with Crippen LogP contribution in [0.4, 0.5) is 8.78 Å². The van der Waals surface area contributed by atoms with Gasteiger partial charge in [0.1, 0.15) is 0 Å². The number of hydrogen-bond donors (Lipinski definition) is 0. The Kier molecular flexibility index (Phi) is 6.33. The molecule has 0 aromatic heterocycles. The van der Waals surface area contributed by atoms with Crippen molar-refractivity contribution in [3.8, 4) is 0 Å². The fraction of sp³-hybridized carbons (Fsp3) is 0.0606. The first-order valence-electron chi connectivity index (χ1n) is 12.8. The van der Waals surface area contributed by atoms with Crippen LogP contribution in [-0.4, -0.2) is 16.8 Å². The van der Waals surface area contributed by atoms with Gasteiger partial charge in [-0.15, -0.1) is 0 Å². The molecule has 2 unspecified atom stereocenters. The predicted octanol–water partition coefficient (Wildman–Crippen LogP) is 7.47. The van der Waals surface area contributed by atoms with Crippen molar-refractivity contribution in [3.05, 3.63) is 154 Å². The van der Waals surface area contributed by atoms with E-state index in [-0.39, 0.29) is 11.1 Å². The Morgan fingerprint density at radius 2 is 0.975 bits per heavy atom. The Balaban J connectivity index is 1.59. The Bertz CT molecular complexity index is 1640. The fourth-order valence-electron chi connectivity index (χ4n) is 5.74. The Morgan fingerprint density at radius 3 is 1.38 bits per heavy atom. The van der Waals surface area contributed by atoms with Crippen LogP contribution >= 0.6 is 0 Å². The molecule has 2 aliphatic carbocycles. The molecule has 0 aliphatic heterocycles. The number of fused-ring (bicyclic) bond motifs is 2. The third kappa shape index (κ3) is 4.30. The van der Waals surface area contributed by atoms with Gasteiger partial charge in [0.15, 0.2) is 0 Å². The number of halogens is 2. The first-order chi connectivity index (χ1) is 19.3. The third-order valence-electron chi connectivity index (χ3n) is 7.71. The minimum atomic E-state index is -5.79. The van der Waals surface area contributed by atoms with Crippen LogP contribution in [0.3, 0.4) is 0 Å². The molecule has 0 saturated heterocycles. The van der Waals surface area contributed by atoms with Crippen molar-refractivity contribution in [3.63, 3.8) is 0 Å². The van der Waals surface area contributed by atoms with Gasteiger partial charge in [-0.3, -0.25) is 0 Å². The number of benzene rings is 4. The fourth-order valence-corrected chi connectivity index (χ4v) is 13.3. The maximum atomic E-state index is 13.9. The number of carbonyl (C=O) groups excluding carboxylic acids is 2. The van der Waals surface area contributed by atoms with E-state index in [9.17, 15) is 18.4 Å². The summed E-state index contributed by atoms with van der Waals surface area (Å²) in [6.45, 7) is 0. The molecule has 2 aliphatic rings. The molecule has 0 fully saturated rings. The second-order valence-corrected chi connectivity index (χ2v) is 17.2. The zero-order valence-corrected chi connectivity index (χ0v) is 22.9. The summed E-state index contributed by atoms with van der Waals surface area (Å²) in [4.78, 5) is 32.4. The van der Waals surface area contributed by atoms with Crippen LogP contribution in [0, 0.1) is 11.6 Å². The SMILES string of the molecule is [CH2]=[Ti]([O]C(=O)c1ccc(F)cc1)([O]C(=O)c1ccc(F)cc1)([CH]1C=Cc2ccccc21)[CH]1C=Cc2ccccc21.